The minimum Gasteiger partial charge on any atom is -0.396 e. The van der Waals surface area contributed by atoms with Crippen LogP contribution in [-0.2, 0) is 19.1 Å². The molecule has 4 heterocycles. The van der Waals surface area contributed by atoms with Crippen LogP contribution in [0.2, 0.25) is 0 Å². The smallest absolute Gasteiger partial charge is 0.253 e. The van der Waals surface area contributed by atoms with E-state index in [-0.39, 0.29) is 30.9 Å². The number of unbranched alkanes of at least 4 members (excludes halogenated alkanes) is 1. The molecule has 0 saturated carbocycles. The Morgan fingerprint density at radius 1 is 0.800 bits per heavy atom. The predicted molar refractivity (Wildman–Crippen MR) is 175 cm³/mol. The second-order valence-electron chi connectivity index (χ2n) is 12.3. The Kier molecular flexibility index (Phi) is 8.59. The maximum atomic E-state index is 14.8. The number of anilines is 3. The number of nitrogens with zero attached hydrogens (tertiary/aromatic N) is 4. The van der Waals surface area contributed by atoms with Crippen molar-refractivity contribution < 1.29 is 24.2 Å². The zero-order valence-electron chi connectivity index (χ0n) is 26.5. The van der Waals surface area contributed by atoms with Crippen LogP contribution in [0.15, 0.2) is 78.9 Å². The van der Waals surface area contributed by atoms with E-state index in [0.29, 0.717) is 32.4 Å². The number of para-hydroxylation sites is 1. The second kappa shape index (κ2) is 12.4. The summed E-state index contributed by atoms with van der Waals surface area (Å²) in [7, 11) is 0. The first-order chi connectivity index (χ1) is 21.9. The molecule has 1 spiro atoms. The molecule has 6 rings (SSSR count). The molecule has 238 valence electrons. The van der Waals surface area contributed by atoms with Gasteiger partial charge in [0.25, 0.3) is 5.91 Å². The van der Waals surface area contributed by atoms with Crippen molar-refractivity contribution in [2.45, 2.75) is 57.3 Å². The van der Waals surface area contributed by atoms with Gasteiger partial charge in [0.1, 0.15) is 11.6 Å². The Morgan fingerprint density at radius 3 is 2.09 bits per heavy atom. The molecule has 9 nitrogen and oxygen atoms in total. The molecule has 3 amide bonds. The Hall–Kier alpha value is -3.95. The number of benzene rings is 2. The minimum atomic E-state index is -1.32. The molecule has 0 aliphatic carbocycles. The number of likely N-dealkylation sites (tertiary alicyclic amines) is 1. The van der Waals surface area contributed by atoms with E-state index in [2.05, 4.69) is 18.7 Å². The molecule has 2 saturated heterocycles. The van der Waals surface area contributed by atoms with Gasteiger partial charge in [-0.25, -0.2) is 0 Å². The zero-order valence-corrected chi connectivity index (χ0v) is 26.5. The molecule has 2 aromatic rings. The first-order valence-corrected chi connectivity index (χ1v) is 16.4. The molecule has 45 heavy (non-hydrogen) atoms. The summed E-state index contributed by atoms with van der Waals surface area (Å²) in [6.07, 6.45) is 9.24. The number of hydrogen-bond acceptors (Lipinski definition) is 6. The maximum absolute atomic E-state index is 14.8. The lowest BCUT2D eigenvalue weighted by molar-refractivity contribution is -0.145. The fraction of sp³-hybridized carbons (Fsp3) is 0.472. The van der Waals surface area contributed by atoms with E-state index in [1.165, 1.54) is 0 Å². The Labute approximate surface area is 265 Å². The van der Waals surface area contributed by atoms with E-state index in [4.69, 9.17) is 4.74 Å². The van der Waals surface area contributed by atoms with Gasteiger partial charge in [0.05, 0.1) is 17.4 Å². The van der Waals surface area contributed by atoms with Crippen molar-refractivity contribution in [1.29, 1.82) is 0 Å². The number of hydrogen-bond donors (Lipinski definition) is 1. The van der Waals surface area contributed by atoms with E-state index < -0.39 is 29.1 Å². The standard InChI is InChI=1S/C36H44N4O5/c1-4-35-20-12-23-38(27-14-8-7-9-15-27)32(42)29(35)30-33(43)40(22-10-11-25-41)31-34(44)39(24-13-21-36(30,31)45-35)28-18-16-26(17-19-28)37(5-2)6-3/h7-9,12-21,29-31,41H,4-6,10-11,22-25H2,1-3H3/t29-,30+,31?,35+,36+/m1/s1. The van der Waals surface area contributed by atoms with Crippen molar-refractivity contribution in [3.63, 3.8) is 0 Å². The largest absolute Gasteiger partial charge is 0.396 e. The summed E-state index contributed by atoms with van der Waals surface area (Å²) in [4.78, 5) is 51.3. The highest BCUT2D eigenvalue weighted by Gasteiger charge is 2.75. The van der Waals surface area contributed by atoms with E-state index >= 15 is 0 Å². The Bertz CT molecular complexity index is 1470. The fourth-order valence-corrected chi connectivity index (χ4v) is 7.90. The minimum absolute atomic E-state index is 0.00643. The maximum Gasteiger partial charge on any atom is 0.253 e. The first kappa shape index (κ1) is 31.0. The predicted octanol–water partition coefficient (Wildman–Crippen LogP) is 4.17. The summed E-state index contributed by atoms with van der Waals surface area (Å²) < 4.78 is 7.09. The van der Waals surface area contributed by atoms with Crippen LogP contribution in [0.4, 0.5) is 17.1 Å². The molecule has 1 N–H and O–H groups in total. The number of carbonyl (C=O) groups is 3. The lowest BCUT2D eigenvalue weighted by Crippen LogP contribution is -2.56. The molecular weight excluding hydrogens is 568 g/mol. The molecule has 0 aromatic heterocycles. The quantitative estimate of drug-likeness (QED) is 0.320. The van der Waals surface area contributed by atoms with E-state index in [9.17, 15) is 19.5 Å². The van der Waals surface area contributed by atoms with Gasteiger partial charge in [-0.1, -0.05) is 49.4 Å². The zero-order chi connectivity index (χ0) is 31.8. The highest BCUT2D eigenvalue weighted by molar-refractivity contribution is 6.07. The first-order valence-electron chi connectivity index (χ1n) is 16.4. The number of aliphatic hydroxyl groups is 1. The fourth-order valence-electron chi connectivity index (χ4n) is 7.90. The van der Waals surface area contributed by atoms with Crippen molar-refractivity contribution in [1.82, 2.24) is 4.90 Å². The average Bonchev–Trinajstić information content (AvgIpc) is 3.34. The number of ether oxygens (including phenoxy) is 1. The van der Waals surface area contributed by atoms with Crippen LogP contribution < -0.4 is 14.7 Å². The molecule has 4 aliphatic rings. The average molecular weight is 613 g/mol. The normalized spacial score (nSPS) is 29.0. The van der Waals surface area contributed by atoms with Gasteiger partial charge in [-0.2, -0.15) is 0 Å². The molecule has 0 radical (unpaired) electrons. The lowest BCUT2D eigenvalue weighted by Gasteiger charge is -2.38. The lowest BCUT2D eigenvalue weighted by atomic mass is 9.73. The summed E-state index contributed by atoms with van der Waals surface area (Å²) in [5.74, 6) is -2.32. The molecule has 0 bridgehead atoms. The van der Waals surface area contributed by atoms with Gasteiger partial charge < -0.3 is 29.4 Å². The van der Waals surface area contributed by atoms with Gasteiger partial charge in [0.2, 0.25) is 11.8 Å². The van der Waals surface area contributed by atoms with Gasteiger partial charge >= 0.3 is 0 Å². The molecule has 9 heteroatoms. The third-order valence-electron chi connectivity index (χ3n) is 10.1. The summed E-state index contributed by atoms with van der Waals surface area (Å²) in [6.45, 7) is 8.94. The number of carbonyl (C=O) groups excluding carboxylic acids is 3. The third-order valence-corrected chi connectivity index (χ3v) is 10.1. The van der Waals surface area contributed by atoms with Gasteiger partial charge in [-0.15, -0.1) is 0 Å². The molecule has 5 atom stereocenters. The summed E-state index contributed by atoms with van der Waals surface area (Å²) in [6, 6.07) is 16.5. The van der Waals surface area contributed by atoms with Crippen LogP contribution in [0, 0.1) is 11.8 Å². The van der Waals surface area contributed by atoms with Crippen LogP contribution in [-0.4, -0.2) is 84.3 Å². The molecule has 4 aliphatic heterocycles. The highest BCUT2D eigenvalue weighted by Crippen LogP contribution is 2.58. The van der Waals surface area contributed by atoms with Gasteiger partial charge in [0.15, 0.2) is 0 Å². The third kappa shape index (κ3) is 4.97. The van der Waals surface area contributed by atoms with Crippen molar-refractivity contribution in [3.05, 3.63) is 78.9 Å². The van der Waals surface area contributed by atoms with Gasteiger partial charge in [0, 0.05) is 56.4 Å². The number of amides is 3. The highest BCUT2D eigenvalue weighted by atomic mass is 16.5. The summed E-state index contributed by atoms with van der Waals surface area (Å²) in [5.41, 5.74) is 0.226. The SMILES string of the molecule is CCN(CC)c1ccc(N2CC=C[C@]34O[C@@]5(CC)C=CCN(c6ccccc6)C(=O)[C@H]5[C@H]3C(=O)N(CCCCO)C4C2=O)cc1. The van der Waals surface area contributed by atoms with E-state index in [0.717, 1.165) is 30.2 Å². The summed E-state index contributed by atoms with van der Waals surface area (Å²) in [5, 5.41) is 9.53. The number of rotatable bonds is 10. The molecule has 1 unspecified atom stereocenters. The monoisotopic (exact) mass is 612 g/mol. The van der Waals surface area contributed by atoms with Crippen LogP contribution in [0.25, 0.3) is 0 Å². The van der Waals surface area contributed by atoms with Crippen LogP contribution >= 0.6 is 0 Å². The van der Waals surface area contributed by atoms with Crippen LogP contribution in [0.5, 0.6) is 0 Å². The van der Waals surface area contributed by atoms with E-state index in [1.807, 2.05) is 85.8 Å². The molecular formula is C36H44N4O5. The molecule has 2 aromatic carbocycles. The van der Waals surface area contributed by atoms with Crippen molar-refractivity contribution in [2.75, 3.05) is 54.0 Å². The molecule has 2 fully saturated rings. The van der Waals surface area contributed by atoms with Crippen LogP contribution in [0.3, 0.4) is 0 Å². The van der Waals surface area contributed by atoms with Crippen molar-refractivity contribution >= 4 is 34.8 Å². The summed E-state index contributed by atoms with van der Waals surface area (Å²) >= 11 is 0. The Balaban J connectivity index is 1.43. The van der Waals surface area contributed by atoms with Crippen molar-refractivity contribution in [3.8, 4) is 0 Å². The number of aliphatic hydroxyl groups excluding tert-OH is 1. The topological polar surface area (TPSA) is 93.6 Å². The van der Waals surface area contributed by atoms with E-state index in [1.54, 1.807) is 14.7 Å². The Morgan fingerprint density at radius 2 is 1.44 bits per heavy atom. The second-order valence-corrected chi connectivity index (χ2v) is 12.3. The van der Waals surface area contributed by atoms with Gasteiger partial charge in [-0.3, -0.25) is 14.4 Å². The number of fused-ring (bicyclic) bond motifs is 2. The van der Waals surface area contributed by atoms with Gasteiger partial charge in [-0.05, 0) is 69.5 Å². The van der Waals surface area contributed by atoms with Crippen molar-refractivity contribution in [2.24, 2.45) is 11.8 Å². The van der Waals surface area contributed by atoms with Crippen LogP contribution in [0.1, 0.15) is 40.0 Å².